The summed E-state index contributed by atoms with van der Waals surface area (Å²) in [6, 6.07) is 0.726. The van der Waals surface area contributed by atoms with E-state index in [0.717, 1.165) is 0 Å². The van der Waals surface area contributed by atoms with Crippen molar-refractivity contribution in [3.05, 3.63) is 17.8 Å². The van der Waals surface area contributed by atoms with Gasteiger partial charge in [-0.3, -0.25) is 4.79 Å². The van der Waals surface area contributed by atoms with Gasteiger partial charge in [0.15, 0.2) is 0 Å². The number of carboxylic acid groups (broad SMARTS) is 1. The first-order valence-electron chi connectivity index (χ1n) is 6.09. The summed E-state index contributed by atoms with van der Waals surface area (Å²) in [5.74, 6) is -1.16. The SMILES string of the molecule is CNC(=O)C1COCCN1c1ncc(N)cc1C(=O)O. The summed E-state index contributed by atoms with van der Waals surface area (Å²) >= 11 is 0. The number of nitrogens with one attached hydrogen (secondary N) is 1. The number of nitrogen functional groups attached to an aromatic ring is 1. The van der Waals surface area contributed by atoms with Crippen molar-refractivity contribution in [1.82, 2.24) is 10.3 Å². The molecule has 1 unspecified atom stereocenters. The minimum atomic E-state index is -1.14. The Labute approximate surface area is 115 Å². The predicted octanol–water partition coefficient (Wildman–Crippen LogP) is -0.687. The third-order valence-corrected chi connectivity index (χ3v) is 3.07. The normalized spacial score (nSPS) is 18.6. The average molecular weight is 280 g/mol. The van der Waals surface area contributed by atoms with Crippen molar-refractivity contribution < 1.29 is 19.4 Å². The van der Waals surface area contributed by atoms with Crippen LogP contribution >= 0.6 is 0 Å². The van der Waals surface area contributed by atoms with E-state index in [1.54, 1.807) is 4.90 Å². The minimum absolute atomic E-state index is 0.0270. The van der Waals surface area contributed by atoms with Gasteiger partial charge in [0, 0.05) is 13.6 Å². The number of pyridine rings is 1. The van der Waals surface area contributed by atoms with Crippen LogP contribution in [0.1, 0.15) is 10.4 Å². The number of carboxylic acids is 1. The first kappa shape index (κ1) is 14.1. The standard InChI is InChI=1S/C12H16N4O4/c1-14-11(17)9-6-20-3-2-16(9)10-8(12(18)19)4-7(13)5-15-10/h4-5,9H,2-3,6,13H2,1H3,(H,14,17)(H,18,19). The Bertz CT molecular complexity index is 534. The number of morpholine rings is 1. The molecule has 1 fully saturated rings. The zero-order chi connectivity index (χ0) is 14.7. The van der Waals surface area contributed by atoms with E-state index < -0.39 is 12.0 Å². The van der Waals surface area contributed by atoms with Crippen molar-refractivity contribution in [2.45, 2.75) is 6.04 Å². The number of likely N-dealkylation sites (N-methyl/N-ethyl adjacent to an activating group) is 1. The van der Waals surface area contributed by atoms with Crippen LogP contribution in [-0.4, -0.2) is 54.8 Å². The highest BCUT2D eigenvalue weighted by Crippen LogP contribution is 2.24. The van der Waals surface area contributed by atoms with E-state index in [-0.39, 0.29) is 29.6 Å². The number of nitrogens with two attached hydrogens (primary N) is 1. The molecule has 2 rings (SSSR count). The zero-order valence-electron chi connectivity index (χ0n) is 11.0. The van der Waals surface area contributed by atoms with Gasteiger partial charge in [0.25, 0.3) is 0 Å². The van der Waals surface area contributed by atoms with E-state index in [1.807, 2.05) is 0 Å². The van der Waals surface area contributed by atoms with Gasteiger partial charge < -0.3 is 25.8 Å². The topological polar surface area (TPSA) is 118 Å². The predicted molar refractivity (Wildman–Crippen MR) is 71.6 cm³/mol. The molecule has 0 bridgehead atoms. The van der Waals surface area contributed by atoms with Crippen LogP contribution < -0.4 is 16.0 Å². The number of nitrogens with zero attached hydrogens (tertiary/aromatic N) is 2. The number of hydrogen-bond donors (Lipinski definition) is 3. The highest BCUT2D eigenvalue weighted by Gasteiger charge is 2.32. The van der Waals surface area contributed by atoms with Crippen molar-refractivity contribution in [3.8, 4) is 0 Å². The van der Waals surface area contributed by atoms with Crippen LogP contribution in [0.3, 0.4) is 0 Å². The molecule has 1 aromatic rings. The quantitative estimate of drug-likeness (QED) is 0.671. The molecule has 1 aliphatic heterocycles. The second kappa shape index (κ2) is 5.74. The molecule has 1 aromatic heterocycles. The molecule has 1 amide bonds. The molecule has 0 aliphatic carbocycles. The minimum Gasteiger partial charge on any atom is -0.478 e. The first-order chi connectivity index (χ1) is 9.54. The molecule has 1 atom stereocenters. The molecule has 0 aromatic carbocycles. The second-order valence-electron chi connectivity index (χ2n) is 4.34. The molecule has 108 valence electrons. The number of aromatic nitrogens is 1. The summed E-state index contributed by atoms with van der Waals surface area (Å²) in [7, 11) is 1.52. The Morgan fingerprint density at radius 1 is 1.60 bits per heavy atom. The molecule has 2 heterocycles. The van der Waals surface area contributed by atoms with Gasteiger partial charge in [0.1, 0.15) is 17.4 Å². The lowest BCUT2D eigenvalue weighted by Gasteiger charge is -2.35. The Morgan fingerprint density at radius 3 is 3.00 bits per heavy atom. The Hall–Kier alpha value is -2.35. The number of anilines is 2. The van der Waals surface area contributed by atoms with E-state index in [4.69, 9.17) is 10.5 Å². The van der Waals surface area contributed by atoms with Gasteiger partial charge >= 0.3 is 5.97 Å². The van der Waals surface area contributed by atoms with Crippen LogP contribution in [0.2, 0.25) is 0 Å². The average Bonchev–Trinajstić information content (AvgIpc) is 2.46. The smallest absolute Gasteiger partial charge is 0.339 e. The summed E-state index contributed by atoms with van der Waals surface area (Å²) in [6.07, 6.45) is 1.37. The summed E-state index contributed by atoms with van der Waals surface area (Å²) < 4.78 is 5.28. The monoisotopic (exact) mass is 280 g/mol. The Kier molecular flexibility index (Phi) is 4.04. The molecule has 0 spiro atoms. The molecule has 20 heavy (non-hydrogen) atoms. The molecule has 1 aliphatic rings. The van der Waals surface area contributed by atoms with Crippen LogP contribution in [0, 0.1) is 0 Å². The van der Waals surface area contributed by atoms with Gasteiger partial charge in [-0.05, 0) is 6.07 Å². The van der Waals surface area contributed by atoms with Gasteiger partial charge in [0.2, 0.25) is 5.91 Å². The number of hydrogen-bond acceptors (Lipinski definition) is 6. The van der Waals surface area contributed by atoms with Crippen LogP contribution in [0.15, 0.2) is 12.3 Å². The lowest BCUT2D eigenvalue weighted by atomic mass is 10.1. The van der Waals surface area contributed by atoms with Crippen molar-refractivity contribution in [1.29, 1.82) is 0 Å². The van der Waals surface area contributed by atoms with Gasteiger partial charge in [-0.2, -0.15) is 0 Å². The first-order valence-corrected chi connectivity index (χ1v) is 6.09. The third kappa shape index (κ3) is 2.64. The molecule has 0 radical (unpaired) electrons. The van der Waals surface area contributed by atoms with Crippen LogP contribution in [0.5, 0.6) is 0 Å². The third-order valence-electron chi connectivity index (χ3n) is 3.07. The fourth-order valence-corrected chi connectivity index (χ4v) is 2.10. The number of carbonyl (C=O) groups excluding carboxylic acids is 1. The maximum absolute atomic E-state index is 11.9. The summed E-state index contributed by atoms with van der Waals surface area (Å²) in [6.45, 7) is 0.971. The fraction of sp³-hybridized carbons (Fsp3) is 0.417. The highest BCUT2D eigenvalue weighted by atomic mass is 16.5. The largest absolute Gasteiger partial charge is 0.478 e. The van der Waals surface area contributed by atoms with Crippen molar-refractivity contribution >= 4 is 23.4 Å². The van der Waals surface area contributed by atoms with Gasteiger partial charge in [-0.15, -0.1) is 0 Å². The molecule has 8 nitrogen and oxygen atoms in total. The lowest BCUT2D eigenvalue weighted by Crippen LogP contribution is -2.54. The number of aromatic carboxylic acids is 1. The summed E-state index contributed by atoms with van der Waals surface area (Å²) in [5.41, 5.74) is 5.80. The second-order valence-corrected chi connectivity index (χ2v) is 4.34. The summed E-state index contributed by atoms with van der Waals surface area (Å²) in [5, 5.41) is 11.8. The fourth-order valence-electron chi connectivity index (χ4n) is 2.10. The van der Waals surface area contributed by atoms with E-state index in [2.05, 4.69) is 10.3 Å². The maximum atomic E-state index is 11.9. The van der Waals surface area contributed by atoms with Crippen LogP contribution in [0.25, 0.3) is 0 Å². The van der Waals surface area contributed by atoms with Crippen LogP contribution in [0.4, 0.5) is 11.5 Å². The number of ether oxygens (including phenoxy) is 1. The molecular weight excluding hydrogens is 264 g/mol. The maximum Gasteiger partial charge on any atom is 0.339 e. The number of carbonyl (C=O) groups is 2. The zero-order valence-corrected chi connectivity index (χ0v) is 11.0. The van der Waals surface area contributed by atoms with E-state index in [9.17, 15) is 14.7 Å². The summed E-state index contributed by atoms with van der Waals surface area (Å²) in [4.78, 5) is 28.9. The highest BCUT2D eigenvalue weighted by molar-refractivity contribution is 5.95. The van der Waals surface area contributed by atoms with Gasteiger partial charge in [-0.1, -0.05) is 0 Å². The van der Waals surface area contributed by atoms with Gasteiger partial charge in [0.05, 0.1) is 25.1 Å². The van der Waals surface area contributed by atoms with E-state index in [1.165, 1.54) is 19.3 Å². The number of rotatable bonds is 3. The Balaban J connectivity index is 2.42. The lowest BCUT2D eigenvalue weighted by molar-refractivity contribution is -0.124. The van der Waals surface area contributed by atoms with Crippen molar-refractivity contribution in [2.75, 3.05) is 37.4 Å². The molecule has 0 saturated carbocycles. The van der Waals surface area contributed by atoms with Crippen molar-refractivity contribution in [2.24, 2.45) is 0 Å². The Morgan fingerprint density at radius 2 is 2.35 bits per heavy atom. The number of amides is 1. The van der Waals surface area contributed by atoms with E-state index >= 15 is 0 Å². The molecule has 8 heteroatoms. The molecule has 4 N–H and O–H groups in total. The molecule has 1 saturated heterocycles. The van der Waals surface area contributed by atoms with E-state index in [0.29, 0.717) is 13.2 Å². The van der Waals surface area contributed by atoms with Crippen molar-refractivity contribution in [3.63, 3.8) is 0 Å². The molecular formula is C12H16N4O4. The van der Waals surface area contributed by atoms with Gasteiger partial charge in [-0.25, -0.2) is 9.78 Å². The van der Waals surface area contributed by atoms with Crippen LogP contribution in [-0.2, 0) is 9.53 Å².